The predicted octanol–water partition coefficient (Wildman–Crippen LogP) is 2.11. The van der Waals surface area contributed by atoms with Crippen molar-refractivity contribution in [2.45, 2.75) is 18.6 Å². The number of carbonyl (C=O) groups is 2. The first-order valence-corrected chi connectivity index (χ1v) is 4.90. The summed E-state index contributed by atoms with van der Waals surface area (Å²) in [6.45, 7) is 0. The number of benzene rings is 1. The maximum absolute atomic E-state index is 12.3. The first kappa shape index (κ1) is 17.4. The average molecular weight is 298 g/mol. The monoisotopic (exact) mass is 297 g/mol. The van der Waals surface area contributed by atoms with Crippen molar-refractivity contribution in [2.24, 2.45) is 5.73 Å². The number of carboxylic acid groups (broad SMARTS) is 1. The van der Waals surface area contributed by atoms with Crippen molar-refractivity contribution in [3.63, 3.8) is 0 Å². The zero-order valence-corrected chi connectivity index (χ0v) is 10.3. The van der Waals surface area contributed by atoms with E-state index in [0.717, 1.165) is 24.3 Å². The van der Waals surface area contributed by atoms with Crippen LogP contribution < -0.4 is 5.73 Å². The highest BCUT2D eigenvalue weighted by atomic mass is 35.5. The summed E-state index contributed by atoms with van der Waals surface area (Å²) in [6.07, 6.45) is -4.93. The molecule has 106 valence electrons. The van der Waals surface area contributed by atoms with Crippen LogP contribution in [0.25, 0.3) is 0 Å². The van der Waals surface area contributed by atoms with E-state index in [1.807, 2.05) is 0 Å². The Morgan fingerprint density at radius 2 is 1.68 bits per heavy atom. The number of hydrogen-bond acceptors (Lipinski definition) is 3. The van der Waals surface area contributed by atoms with Gasteiger partial charge in [0.15, 0.2) is 5.78 Å². The number of hydrogen-bond donors (Lipinski definition) is 2. The Morgan fingerprint density at radius 1 is 1.21 bits per heavy atom. The summed E-state index contributed by atoms with van der Waals surface area (Å²) in [6, 6.07) is 2.16. The highest BCUT2D eigenvalue weighted by molar-refractivity contribution is 5.98. The second kappa shape index (κ2) is 6.53. The van der Waals surface area contributed by atoms with E-state index in [1.165, 1.54) is 0 Å². The van der Waals surface area contributed by atoms with Crippen LogP contribution in [0.3, 0.4) is 0 Å². The minimum absolute atomic E-state index is 0. The maximum Gasteiger partial charge on any atom is 0.416 e. The number of halogens is 4. The smallest absolute Gasteiger partial charge is 0.416 e. The molecule has 8 heteroatoms. The number of carbonyl (C=O) groups excluding carboxylic acids is 1. The Labute approximate surface area is 112 Å². The van der Waals surface area contributed by atoms with Gasteiger partial charge in [-0.15, -0.1) is 12.4 Å². The van der Waals surface area contributed by atoms with Crippen LogP contribution in [0, 0.1) is 0 Å². The predicted molar refractivity (Wildman–Crippen MR) is 63.3 cm³/mol. The highest BCUT2D eigenvalue weighted by Crippen LogP contribution is 2.29. The van der Waals surface area contributed by atoms with Crippen LogP contribution in [0.1, 0.15) is 22.3 Å². The zero-order valence-electron chi connectivity index (χ0n) is 9.48. The van der Waals surface area contributed by atoms with E-state index < -0.39 is 36.0 Å². The van der Waals surface area contributed by atoms with Gasteiger partial charge in [-0.2, -0.15) is 13.2 Å². The summed E-state index contributed by atoms with van der Waals surface area (Å²) < 4.78 is 36.8. The molecule has 1 rings (SSSR count). The van der Waals surface area contributed by atoms with Crippen LogP contribution >= 0.6 is 12.4 Å². The van der Waals surface area contributed by atoms with Gasteiger partial charge in [-0.05, 0) is 12.1 Å². The van der Waals surface area contributed by atoms with Gasteiger partial charge in [0.05, 0.1) is 5.56 Å². The fourth-order valence-corrected chi connectivity index (χ4v) is 1.25. The molecule has 1 aromatic rings. The molecule has 0 aromatic heterocycles. The molecule has 0 spiro atoms. The van der Waals surface area contributed by atoms with Crippen molar-refractivity contribution in [2.75, 3.05) is 0 Å². The number of Topliss-reactive ketones (excluding diaryl/α,β-unsaturated/α-hetero) is 1. The van der Waals surface area contributed by atoms with Crippen LogP contribution in [-0.2, 0) is 11.0 Å². The summed E-state index contributed by atoms with van der Waals surface area (Å²) in [5, 5.41) is 8.50. The number of aliphatic carboxylic acids is 1. The first-order chi connectivity index (χ1) is 8.21. The van der Waals surface area contributed by atoms with E-state index in [-0.39, 0.29) is 18.0 Å². The molecule has 4 nitrogen and oxygen atoms in total. The molecule has 0 aliphatic carbocycles. The lowest BCUT2D eigenvalue weighted by Gasteiger charge is -2.08. The van der Waals surface area contributed by atoms with Crippen LogP contribution in [0.15, 0.2) is 24.3 Å². The number of alkyl halides is 3. The minimum Gasteiger partial charge on any atom is -0.480 e. The van der Waals surface area contributed by atoms with Crippen molar-refractivity contribution in [1.29, 1.82) is 0 Å². The quantitative estimate of drug-likeness (QED) is 0.834. The Balaban J connectivity index is 0.00000324. The van der Waals surface area contributed by atoms with Gasteiger partial charge in [0.2, 0.25) is 0 Å². The second-order valence-corrected chi connectivity index (χ2v) is 3.65. The fraction of sp³-hybridized carbons (Fsp3) is 0.273. The Morgan fingerprint density at radius 3 is 2.05 bits per heavy atom. The van der Waals surface area contributed by atoms with E-state index in [1.54, 1.807) is 0 Å². The molecule has 0 bridgehead atoms. The van der Waals surface area contributed by atoms with Gasteiger partial charge in [-0.25, -0.2) is 0 Å². The molecule has 1 unspecified atom stereocenters. The van der Waals surface area contributed by atoms with Gasteiger partial charge in [-0.3, -0.25) is 9.59 Å². The lowest BCUT2D eigenvalue weighted by atomic mass is 10.0. The topological polar surface area (TPSA) is 80.4 Å². The lowest BCUT2D eigenvalue weighted by Crippen LogP contribution is -2.32. The number of ketones is 1. The minimum atomic E-state index is -4.47. The van der Waals surface area contributed by atoms with Gasteiger partial charge >= 0.3 is 12.1 Å². The Bertz CT molecular complexity index is 459. The summed E-state index contributed by atoms with van der Waals surface area (Å²) in [5.41, 5.74) is 4.28. The van der Waals surface area contributed by atoms with E-state index >= 15 is 0 Å². The van der Waals surface area contributed by atoms with Crippen LogP contribution in [-0.4, -0.2) is 22.9 Å². The maximum atomic E-state index is 12.3. The van der Waals surface area contributed by atoms with Crippen LogP contribution in [0.4, 0.5) is 13.2 Å². The fourth-order valence-electron chi connectivity index (χ4n) is 1.25. The summed E-state index contributed by atoms with van der Waals surface area (Å²) in [5.74, 6) is -1.95. The van der Waals surface area contributed by atoms with Gasteiger partial charge in [0.25, 0.3) is 0 Å². The van der Waals surface area contributed by atoms with Gasteiger partial charge in [0.1, 0.15) is 6.04 Å². The molecular formula is C11H11ClF3NO3. The molecule has 0 heterocycles. The Hall–Kier alpha value is -1.60. The number of carboxylic acids is 1. The molecule has 1 aromatic carbocycles. The molecule has 3 N–H and O–H groups in total. The normalized spacial score (nSPS) is 12.4. The van der Waals surface area contributed by atoms with E-state index in [0.29, 0.717) is 0 Å². The molecular weight excluding hydrogens is 287 g/mol. The van der Waals surface area contributed by atoms with Crippen molar-refractivity contribution in [1.82, 2.24) is 0 Å². The molecule has 0 fully saturated rings. The third-order valence-electron chi connectivity index (χ3n) is 2.26. The van der Waals surface area contributed by atoms with Crippen LogP contribution in [0.5, 0.6) is 0 Å². The van der Waals surface area contributed by atoms with Gasteiger partial charge in [0, 0.05) is 12.0 Å². The highest BCUT2D eigenvalue weighted by Gasteiger charge is 2.30. The molecule has 0 aliphatic heterocycles. The molecule has 19 heavy (non-hydrogen) atoms. The number of nitrogens with two attached hydrogens (primary N) is 1. The summed E-state index contributed by atoms with van der Waals surface area (Å²) >= 11 is 0. The molecule has 0 aliphatic rings. The van der Waals surface area contributed by atoms with E-state index in [4.69, 9.17) is 10.8 Å². The van der Waals surface area contributed by atoms with Crippen molar-refractivity contribution in [3.8, 4) is 0 Å². The molecule has 0 amide bonds. The third kappa shape index (κ3) is 4.88. The van der Waals surface area contributed by atoms with Gasteiger partial charge in [-0.1, -0.05) is 12.1 Å². The van der Waals surface area contributed by atoms with Crippen molar-refractivity contribution < 1.29 is 27.9 Å². The van der Waals surface area contributed by atoms with E-state index in [9.17, 15) is 22.8 Å². The molecule has 1 atom stereocenters. The van der Waals surface area contributed by atoms with Crippen molar-refractivity contribution in [3.05, 3.63) is 35.4 Å². The molecule has 0 radical (unpaired) electrons. The van der Waals surface area contributed by atoms with E-state index in [2.05, 4.69) is 0 Å². The number of rotatable bonds is 4. The summed E-state index contributed by atoms with van der Waals surface area (Å²) in [7, 11) is 0. The lowest BCUT2D eigenvalue weighted by molar-refractivity contribution is -0.138. The molecule has 0 saturated heterocycles. The SMILES string of the molecule is Cl.NC(CC(=O)c1ccc(C(F)(F)F)cc1)C(=O)O. The zero-order chi connectivity index (χ0) is 13.9. The second-order valence-electron chi connectivity index (χ2n) is 3.65. The Kier molecular flexibility index (Phi) is 5.98. The molecule has 0 saturated carbocycles. The van der Waals surface area contributed by atoms with Crippen molar-refractivity contribution >= 4 is 24.2 Å². The average Bonchev–Trinajstić information content (AvgIpc) is 2.27. The largest absolute Gasteiger partial charge is 0.480 e. The van der Waals surface area contributed by atoms with Gasteiger partial charge < -0.3 is 10.8 Å². The van der Waals surface area contributed by atoms with Crippen LogP contribution in [0.2, 0.25) is 0 Å². The third-order valence-corrected chi connectivity index (χ3v) is 2.26. The standard InChI is InChI=1S/C11H10F3NO3.ClH/c12-11(13,14)7-3-1-6(2-4-7)9(16)5-8(15)10(17)18;/h1-4,8H,5,15H2,(H,17,18);1H. The first-order valence-electron chi connectivity index (χ1n) is 4.90. The summed E-state index contributed by atoms with van der Waals surface area (Å²) in [4.78, 5) is 21.9.